The molecule has 1 N–H and O–H groups in total. The third-order valence-electron chi connectivity index (χ3n) is 3.38. The third-order valence-corrected chi connectivity index (χ3v) is 3.38. The van der Waals surface area contributed by atoms with Gasteiger partial charge in [0.05, 0.1) is 0 Å². The summed E-state index contributed by atoms with van der Waals surface area (Å²) >= 11 is 0. The Kier molecular flexibility index (Phi) is 2.00. The van der Waals surface area contributed by atoms with Gasteiger partial charge in [0.1, 0.15) is 0 Å². The van der Waals surface area contributed by atoms with Crippen LogP contribution in [0.3, 0.4) is 0 Å². The van der Waals surface area contributed by atoms with Crippen LogP contribution >= 0.6 is 0 Å². The van der Waals surface area contributed by atoms with E-state index in [-0.39, 0.29) is 0 Å². The Labute approximate surface area is 90.1 Å². The molecule has 1 aliphatic rings. The van der Waals surface area contributed by atoms with Crippen molar-refractivity contribution < 1.29 is 0 Å². The molecule has 2 aromatic rings. The lowest BCUT2D eigenvalue weighted by Crippen LogP contribution is -2.40. The second-order valence-corrected chi connectivity index (χ2v) is 4.37. The average Bonchev–Trinajstić information content (AvgIpc) is 2.20. The zero-order valence-electron chi connectivity index (χ0n) is 8.96. The molecule has 0 aromatic heterocycles. The monoisotopic (exact) mass is 197 g/mol. The Morgan fingerprint density at radius 2 is 1.87 bits per heavy atom. The summed E-state index contributed by atoms with van der Waals surface area (Å²) < 4.78 is 0. The standard InChI is InChI=1S/C14H15N/c1-10-6-7-11-4-2-3-5-13(11)14(10)12-8-15-9-12/h2-7,12,15H,8-9H2,1H3. The Bertz CT molecular complexity index is 498. The molecule has 0 radical (unpaired) electrons. The fraction of sp³-hybridized carbons (Fsp3) is 0.286. The van der Waals surface area contributed by atoms with Crippen LogP contribution in [-0.2, 0) is 0 Å². The van der Waals surface area contributed by atoms with Crippen LogP contribution in [0.25, 0.3) is 10.8 Å². The summed E-state index contributed by atoms with van der Waals surface area (Å²) in [5.41, 5.74) is 2.98. The molecule has 2 aromatic carbocycles. The summed E-state index contributed by atoms with van der Waals surface area (Å²) in [6.45, 7) is 4.49. The van der Waals surface area contributed by atoms with E-state index in [4.69, 9.17) is 0 Å². The van der Waals surface area contributed by atoms with Gasteiger partial charge >= 0.3 is 0 Å². The van der Waals surface area contributed by atoms with E-state index in [2.05, 4.69) is 48.6 Å². The van der Waals surface area contributed by atoms with Gasteiger partial charge in [0.25, 0.3) is 0 Å². The molecule has 1 heteroatoms. The van der Waals surface area contributed by atoms with E-state index >= 15 is 0 Å². The summed E-state index contributed by atoms with van der Waals surface area (Å²) in [6, 6.07) is 13.2. The molecular formula is C14H15N. The van der Waals surface area contributed by atoms with Gasteiger partial charge in [0.2, 0.25) is 0 Å². The average molecular weight is 197 g/mol. The summed E-state index contributed by atoms with van der Waals surface area (Å²) in [4.78, 5) is 0. The van der Waals surface area contributed by atoms with E-state index < -0.39 is 0 Å². The van der Waals surface area contributed by atoms with Crippen molar-refractivity contribution in [3.8, 4) is 0 Å². The molecule has 3 rings (SSSR count). The second-order valence-electron chi connectivity index (χ2n) is 4.37. The first-order valence-electron chi connectivity index (χ1n) is 5.55. The minimum absolute atomic E-state index is 0.719. The van der Waals surface area contributed by atoms with Crippen molar-refractivity contribution in [3.05, 3.63) is 47.5 Å². The first kappa shape index (κ1) is 8.93. The largest absolute Gasteiger partial charge is 0.315 e. The van der Waals surface area contributed by atoms with Crippen molar-refractivity contribution in [1.29, 1.82) is 0 Å². The van der Waals surface area contributed by atoms with E-state index in [1.807, 2.05) is 0 Å². The lowest BCUT2D eigenvalue weighted by molar-refractivity contribution is 0.449. The van der Waals surface area contributed by atoms with Gasteiger partial charge in [-0.05, 0) is 28.8 Å². The number of nitrogens with one attached hydrogen (secondary N) is 1. The van der Waals surface area contributed by atoms with Gasteiger partial charge in [-0.1, -0.05) is 36.4 Å². The van der Waals surface area contributed by atoms with Gasteiger partial charge in [0, 0.05) is 19.0 Å². The van der Waals surface area contributed by atoms with Crippen molar-refractivity contribution >= 4 is 10.8 Å². The maximum atomic E-state index is 3.35. The zero-order chi connectivity index (χ0) is 10.3. The number of hydrogen-bond donors (Lipinski definition) is 1. The SMILES string of the molecule is Cc1ccc2ccccc2c1C1CNC1. The van der Waals surface area contributed by atoms with Crippen LogP contribution in [0.1, 0.15) is 17.0 Å². The summed E-state index contributed by atoms with van der Waals surface area (Å²) in [5.74, 6) is 0.719. The molecule has 1 heterocycles. The van der Waals surface area contributed by atoms with Crippen molar-refractivity contribution in [2.24, 2.45) is 0 Å². The molecule has 0 aliphatic carbocycles. The fourth-order valence-electron chi connectivity index (χ4n) is 2.44. The predicted octanol–water partition coefficient (Wildman–Crippen LogP) is 2.84. The lowest BCUT2D eigenvalue weighted by Gasteiger charge is -2.30. The van der Waals surface area contributed by atoms with Gasteiger partial charge in [-0.2, -0.15) is 0 Å². The Hall–Kier alpha value is -1.34. The van der Waals surface area contributed by atoms with E-state index in [0.29, 0.717) is 0 Å². The molecule has 1 aliphatic heterocycles. The highest BCUT2D eigenvalue weighted by molar-refractivity contribution is 5.87. The summed E-state index contributed by atoms with van der Waals surface area (Å²) in [6.07, 6.45) is 0. The maximum absolute atomic E-state index is 3.35. The normalized spacial score (nSPS) is 16.6. The summed E-state index contributed by atoms with van der Waals surface area (Å²) in [5, 5.41) is 6.15. The molecule has 0 spiro atoms. The van der Waals surface area contributed by atoms with E-state index in [0.717, 1.165) is 19.0 Å². The molecule has 0 atom stereocenters. The van der Waals surface area contributed by atoms with Crippen LogP contribution in [0.2, 0.25) is 0 Å². The maximum Gasteiger partial charge on any atom is 0.00973 e. The minimum Gasteiger partial charge on any atom is -0.315 e. The number of rotatable bonds is 1. The molecular weight excluding hydrogens is 182 g/mol. The number of benzene rings is 2. The lowest BCUT2D eigenvalue weighted by atomic mass is 9.86. The molecule has 15 heavy (non-hydrogen) atoms. The van der Waals surface area contributed by atoms with Gasteiger partial charge in [-0.25, -0.2) is 0 Å². The van der Waals surface area contributed by atoms with Gasteiger partial charge in [0.15, 0.2) is 0 Å². The molecule has 0 saturated carbocycles. The first-order valence-corrected chi connectivity index (χ1v) is 5.55. The molecule has 0 unspecified atom stereocenters. The number of aryl methyl sites for hydroxylation is 1. The van der Waals surface area contributed by atoms with Crippen LogP contribution in [0.4, 0.5) is 0 Å². The van der Waals surface area contributed by atoms with E-state index in [1.165, 1.54) is 16.3 Å². The van der Waals surface area contributed by atoms with Crippen molar-refractivity contribution in [2.45, 2.75) is 12.8 Å². The quantitative estimate of drug-likeness (QED) is 0.741. The smallest absolute Gasteiger partial charge is 0.00973 e. The van der Waals surface area contributed by atoms with Gasteiger partial charge in [-0.15, -0.1) is 0 Å². The predicted molar refractivity (Wildman–Crippen MR) is 64.3 cm³/mol. The fourth-order valence-corrected chi connectivity index (χ4v) is 2.44. The van der Waals surface area contributed by atoms with Crippen LogP contribution in [-0.4, -0.2) is 13.1 Å². The summed E-state index contributed by atoms with van der Waals surface area (Å²) in [7, 11) is 0. The molecule has 1 saturated heterocycles. The number of fused-ring (bicyclic) bond motifs is 1. The minimum atomic E-state index is 0.719. The van der Waals surface area contributed by atoms with Crippen LogP contribution < -0.4 is 5.32 Å². The second kappa shape index (κ2) is 3.35. The van der Waals surface area contributed by atoms with Crippen molar-refractivity contribution in [2.75, 3.05) is 13.1 Å². The first-order chi connectivity index (χ1) is 7.36. The Balaban J connectivity index is 2.27. The molecule has 0 bridgehead atoms. The van der Waals surface area contributed by atoms with Crippen molar-refractivity contribution in [3.63, 3.8) is 0 Å². The molecule has 1 fully saturated rings. The van der Waals surface area contributed by atoms with Crippen molar-refractivity contribution in [1.82, 2.24) is 5.32 Å². The molecule has 0 amide bonds. The zero-order valence-corrected chi connectivity index (χ0v) is 8.96. The van der Waals surface area contributed by atoms with E-state index in [1.54, 1.807) is 5.56 Å². The highest BCUT2D eigenvalue weighted by Gasteiger charge is 2.22. The molecule has 1 nitrogen and oxygen atoms in total. The van der Waals surface area contributed by atoms with Gasteiger partial charge in [-0.3, -0.25) is 0 Å². The highest BCUT2D eigenvalue weighted by Crippen LogP contribution is 2.30. The Morgan fingerprint density at radius 1 is 1.07 bits per heavy atom. The van der Waals surface area contributed by atoms with Crippen LogP contribution in [0.15, 0.2) is 36.4 Å². The number of hydrogen-bond acceptors (Lipinski definition) is 1. The van der Waals surface area contributed by atoms with E-state index in [9.17, 15) is 0 Å². The molecule has 76 valence electrons. The Morgan fingerprint density at radius 3 is 2.60 bits per heavy atom. The van der Waals surface area contributed by atoms with Gasteiger partial charge < -0.3 is 5.32 Å². The van der Waals surface area contributed by atoms with Crippen LogP contribution in [0.5, 0.6) is 0 Å². The third kappa shape index (κ3) is 1.35. The topological polar surface area (TPSA) is 12.0 Å². The van der Waals surface area contributed by atoms with Crippen LogP contribution in [0, 0.1) is 6.92 Å². The highest BCUT2D eigenvalue weighted by atomic mass is 14.9.